The van der Waals surface area contributed by atoms with E-state index < -0.39 is 0 Å². The van der Waals surface area contributed by atoms with Crippen molar-refractivity contribution in [2.24, 2.45) is 0 Å². The lowest BCUT2D eigenvalue weighted by molar-refractivity contribution is 0.102. The lowest BCUT2D eigenvalue weighted by atomic mass is 9.79. The zero-order valence-electron chi connectivity index (χ0n) is 22.6. The van der Waals surface area contributed by atoms with Crippen molar-refractivity contribution in [1.82, 2.24) is 0 Å². The van der Waals surface area contributed by atoms with Crippen LogP contribution in [0.25, 0.3) is 0 Å². The Bertz CT molecular complexity index is 1400. The van der Waals surface area contributed by atoms with Gasteiger partial charge in [0.05, 0.1) is 27.4 Å². The number of aryl methyl sites for hydroxylation is 1. The molecular formula is C34H35NO4. The average Bonchev–Trinajstić information content (AvgIpc) is 2.99. The Morgan fingerprint density at radius 2 is 1.56 bits per heavy atom. The third-order valence-corrected chi connectivity index (χ3v) is 7.45. The Morgan fingerprint density at radius 3 is 2.33 bits per heavy atom. The molecule has 0 aromatic heterocycles. The van der Waals surface area contributed by atoms with Crippen LogP contribution in [0.3, 0.4) is 0 Å². The van der Waals surface area contributed by atoms with Crippen molar-refractivity contribution in [3.63, 3.8) is 0 Å². The van der Waals surface area contributed by atoms with Gasteiger partial charge in [-0.05, 0) is 89.8 Å². The molecule has 0 heterocycles. The summed E-state index contributed by atoms with van der Waals surface area (Å²) in [5.74, 6) is 1.80. The van der Waals surface area contributed by atoms with Crippen molar-refractivity contribution in [1.29, 1.82) is 0 Å². The molecule has 0 fully saturated rings. The molecule has 1 unspecified atom stereocenters. The monoisotopic (exact) mass is 521 g/mol. The minimum absolute atomic E-state index is 0.127. The van der Waals surface area contributed by atoms with Crippen molar-refractivity contribution in [3.05, 3.63) is 124 Å². The van der Waals surface area contributed by atoms with Gasteiger partial charge >= 0.3 is 0 Å². The summed E-state index contributed by atoms with van der Waals surface area (Å²) in [7, 11) is 3.35. The molecule has 0 saturated heterocycles. The van der Waals surface area contributed by atoms with Crippen LogP contribution < -0.4 is 14.8 Å². The summed E-state index contributed by atoms with van der Waals surface area (Å²) in [6, 6.07) is 30.2. The summed E-state index contributed by atoms with van der Waals surface area (Å²) in [6.45, 7) is 1.23. The van der Waals surface area contributed by atoms with E-state index >= 15 is 0 Å². The SMILES string of the molecule is COc1ccc2c(c1)CCC(c1ccc(OC)cc1NC(=O)c1ccc(CCOCc3ccccc3)cc1)C2. The smallest absolute Gasteiger partial charge is 0.255 e. The van der Waals surface area contributed by atoms with Crippen LogP contribution in [0, 0.1) is 0 Å². The fourth-order valence-electron chi connectivity index (χ4n) is 5.22. The predicted octanol–water partition coefficient (Wildman–Crippen LogP) is 6.99. The van der Waals surface area contributed by atoms with Gasteiger partial charge in [0.2, 0.25) is 0 Å². The van der Waals surface area contributed by atoms with Gasteiger partial charge in [0, 0.05) is 17.3 Å². The molecule has 5 heteroatoms. The van der Waals surface area contributed by atoms with Crippen LogP contribution in [0.5, 0.6) is 11.5 Å². The summed E-state index contributed by atoms with van der Waals surface area (Å²) >= 11 is 0. The molecule has 0 aliphatic heterocycles. The molecule has 4 aromatic rings. The van der Waals surface area contributed by atoms with E-state index in [2.05, 4.69) is 35.6 Å². The summed E-state index contributed by atoms with van der Waals surface area (Å²) in [4.78, 5) is 13.3. The predicted molar refractivity (Wildman–Crippen MR) is 155 cm³/mol. The van der Waals surface area contributed by atoms with E-state index in [1.807, 2.05) is 60.7 Å². The first-order valence-electron chi connectivity index (χ1n) is 13.5. The van der Waals surface area contributed by atoms with E-state index in [9.17, 15) is 4.79 Å². The van der Waals surface area contributed by atoms with Gasteiger partial charge in [0.1, 0.15) is 11.5 Å². The minimum Gasteiger partial charge on any atom is -0.497 e. The Morgan fingerprint density at radius 1 is 0.821 bits per heavy atom. The zero-order chi connectivity index (χ0) is 27.0. The van der Waals surface area contributed by atoms with Crippen molar-refractivity contribution < 1.29 is 19.0 Å². The van der Waals surface area contributed by atoms with Gasteiger partial charge in [0.15, 0.2) is 0 Å². The standard InChI is InChI=1S/C34H35NO4/c1-37-30-15-14-27-20-29(13-12-28(27)21-30)32-17-16-31(38-2)22-33(32)35-34(36)26-10-8-24(9-11-26)18-19-39-23-25-6-4-3-5-7-25/h3-11,14-17,21-22,29H,12-13,18-20,23H2,1-2H3,(H,35,36). The van der Waals surface area contributed by atoms with E-state index in [4.69, 9.17) is 14.2 Å². The number of rotatable bonds is 10. The highest BCUT2D eigenvalue weighted by atomic mass is 16.5. The van der Waals surface area contributed by atoms with Crippen molar-refractivity contribution in [2.75, 3.05) is 26.1 Å². The molecule has 1 aliphatic rings. The highest BCUT2D eigenvalue weighted by Crippen LogP contribution is 2.38. The van der Waals surface area contributed by atoms with Gasteiger partial charge in [-0.15, -0.1) is 0 Å². The van der Waals surface area contributed by atoms with Gasteiger partial charge in [-0.3, -0.25) is 4.79 Å². The summed E-state index contributed by atoms with van der Waals surface area (Å²) in [5.41, 5.74) is 7.55. The summed E-state index contributed by atoms with van der Waals surface area (Å²) < 4.78 is 16.7. The number of carbonyl (C=O) groups excluding carboxylic acids is 1. The fourth-order valence-corrected chi connectivity index (χ4v) is 5.22. The van der Waals surface area contributed by atoms with E-state index in [1.54, 1.807) is 14.2 Å². The van der Waals surface area contributed by atoms with E-state index in [0.29, 0.717) is 24.7 Å². The molecular weight excluding hydrogens is 486 g/mol. The first kappa shape index (κ1) is 26.5. The normalized spacial score (nSPS) is 14.4. The van der Waals surface area contributed by atoms with Crippen LogP contribution in [0.2, 0.25) is 0 Å². The van der Waals surface area contributed by atoms with E-state index in [-0.39, 0.29) is 5.91 Å². The highest BCUT2D eigenvalue weighted by molar-refractivity contribution is 6.04. The van der Waals surface area contributed by atoms with Crippen molar-refractivity contribution in [2.45, 2.75) is 38.2 Å². The van der Waals surface area contributed by atoms with Crippen LogP contribution in [-0.4, -0.2) is 26.7 Å². The second kappa shape index (κ2) is 12.6. The molecule has 1 amide bonds. The fraction of sp³-hybridized carbons (Fsp3) is 0.265. The number of amides is 1. The number of benzene rings is 4. The van der Waals surface area contributed by atoms with Crippen molar-refractivity contribution >= 4 is 11.6 Å². The number of ether oxygens (including phenoxy) is 3. The molecule has 1 atom stereocenters. The lowest BCUT2D eigenvalue weighted by Crippen LogP contribution is -2.18. The Kier molecular flexibility index (Phi) is 8.59. The number of nitrogens with one attached hydrogen (secondary N) is 1. The average molecular weight is 522 g/mol. The first-order valence-corrected chi connectivity index (χ1v) is 13.5. The van der Waals surface area contributed by atoms with Crippen LogP contribution >= 0.6 is 0 Å². The van der Waals surface area contributed by atoms with Crippen molar-refractivity contribution in [3.8, 4) is 11.5 Å². The molecule has 5 nitrogen and oxygen atoms in total. The molecule has 200 valence electrons. The third kappa shape index (κ3) is 6.68. The van der Waals surface area contributed by atoms with Gasteiger partial charge in [-0.1, -0.05) is 54.6 Å². The van der Waals surface area contributed by atoms with Crippen LogP contribution in [0.15, 0.2) is 91.0 Å². The molecule has 0 radical (unpaired) electrons. The Balaban J connectivity index is 1.23. The third-order valence-electron chi connectivity index (χ3n) is 7.45. The maximum absolute atomic E-state index is 13.3. The number of fused-ring (bicyclic) bond motifs is 1. The topological polar surface area (TPSA) is 56.8 Å². The molecule has 0 saturated carbocycles. The number of anilines is 1. The first-order chi connectivity index (χ1) is 19.1. The number of methoxy groups -OCH3 is 2. The number of hydrogen-bond acceptors (Lipinski definition) is 4. The Labute approximate surface area is 230 Å². The maximum atomic E-state index is 13.3. The molecule has 1 N–H and O–H groups in total. The second-order valence-corrected chi connectivity index (χ2v) is 9.97. The van der Waals surface area contributed by atoms with E-state index in [1.165, 1.54) is 16.7 Å². The van der Waals surface area contributed by atoms with Crippen LogP contribution in [0.1, 0.15) is 50.5 Å². The molecule has 4 aromatic carbocycles. The van der Waals surface area contributed by atoms with Gasteiger partial charge < -0.3 is 19.5 Å². The van der Waals surface area contributed by atoms with Gasteiger partial charge in [0.25, 0.3) is 5.91 Å². The molecule has 0 spiro atoms. The van der Waals surface area contributed by atoms with E-state index in [0.717, 1.165) is 54.0 Å². The largest absolute Gasteiger partial charge is 0.497 e. The maximum Gasteiger partial charge on any atom is 0.255 e. The highest BCUT2D eigenvalue weighted by Gasteiger charge is 2.24. The molecule has 0 bridgehead atoms. The van der Waals surface area contributed by atoms with Gasteiger partial charge in [-0.25, -0.2) is 0 Å². The lowest BCUT2D eigenvalue weighted by Gasteiger charge is -2.27. The Hall–Kier alpha value is -4.09. The molecule has 39 heavy (non-hydrogen) atoms. The molecule has 5 rings (SSSR count). The number of hydrogen-bond donors (Lipinski definition) is 1. The second-order valence-electron chi connectivity index (χ2n) is 9.97. The summed E-state index contributed by atoms with van der Waals surface area (Å²) in [5, 5.41) is 3.17. The summed E-state index contributed by atoms with van der Waals surface area (Å²) in [6.07, 6.45) is 3.71. The van der Waals surface area contributed by atoms with Crippen LogP contribution in [-0.2, 0) is 30.6 Å². The van der Waals surface area contributed by atoms with Gasteiger partial charge in [-0.2, -0.15) is 0 Å². The quantitative estimate of drug-likeness (QED) is 0.229. The zero-order valence-corrected chi connectivity index (χ0v) is 22.6. The minimum atomic E-state index is -0.127. The molecule has 1 aliphatic carbocycles. The number of carbonyl (C=O) groups is 1. The van der Waals surface area contributed by atoms with Crippen LogP contribution in [0.4, 0.5) is 5.69 Å².